The molecule has 0 aliphatic carbocycles. The summed E-state index contributed by atoms with van der Waals surface area (Å²) < 4.78 is 0. The quantitative estimate of drug-likeness (QED) is 0.813. The molecule has 0 spiro atoms. The maximum absolute atomic E-state index is 3.68. The molecule has 1 unspecified atom stereocenters. The Balaban J connectivity index is 2.30. The van der Waals surface area contributed by atoms with Gasteiger partial charge in [0.15, 0.2) is 0 Å². The molecule has 1 fully saturated rings. The van der Waals surface area contributed by atoms with Gasteiger partial charge in [-0.25, -0.2) is 0 Å². The number of hydrogen-bond donors (Lipinski definition) is 1. The van der Waals surface area contributed by atoms with Gasteiger partial charge in [0.25, 0.3) is 0 Å². The van der Waals surface area contributed by atoms with E-state index in [9.17, 15) is 0 Å². The Kier molecular flexibility index (Phi) is 6.32. The average molecular weight is 268 g/mol. The SMILES string of the molecule is CCC(C)(C)NCCN1CCCC(C(C)(C)C)CC1. The molecule has 0 saturated carbocycles. The van der Waals surface area contributed by atoms with Crippen LogP contribution in [0.3, 0.4) is 0 Å². The molecule has 2 heteroatoms. The second-order valence-corrected chi connectivity index (χ2v) is 8.00. The van der Waals surface area contributed by atoms with Crippen molar-refractivity contribution in [3.05, 3.63) is 0 Å². The van der Waals surface area contributed by atoms with Gasteiger partial charge in [0.05, 0.1) is 0 Å². The largest absolute Gasteiger partial charge is 0.311 e. The monoisotopic (exact) mass is 268 g/mol. The van der Waals surface area contributed by atoms with Crippen LogP contribution < -0.4 is 5.32 Å². The van der Waals surface area contributed by atoms with Gasteiger partial charge in [0, 0.05) is 18.6 Å². The number of likely N-dealkylation sites (tertiary alicyclic amines) is 1. The Bertz CT molecular complexity index is 252. The minimum Gasteiger partial charge on any atom is -0.311 e. The second-order valence-electron chi connectivity index (χ2n) is 8.00. The van der Waals surface area contributed by atoms with Crippen LogP contribution in [-0.4, -0.2) is 36.6 Å². The first-order valence-corrected chi connectivity index (χ1v) is 8.22. The molecule has 19 heavy (non-hydrogen) atoms. The highest BCUT2D eigenvalue weighted by Crippen LogP contribution is 2.34. The lowest BCUT2D eigenvalue weighted by atomic mass is 9.77. The number of hydrogen-bond acceptors (Lipinski definition) is 2. The van der Waals surface area contributed by atoms with E-state index in [0.29, 0.717) is 11.0 Å². The third-order valence-electron chi connectivity index (χ3n) is 4.96. The number of nitrogens with one attached hydrogen (secondary N) is 1. The van der Waals surface area contributed by atoms with Crippen LogP contribution >= 0.6 is 0 Å². The van der Waals surface area contributed by atoms with Crippen LogP contribution in [0, 0.1) is 11.3 Å². The fourth-order valence-corrected chi connectivity index (χ4v) is 2.92. The van der Waals surface area contributed by atoms with E-state index in [0.717, 1.165) is 12.5 Å². The molecule has 0 amide bonds. The molecule has 0 aromatic carbocycles. The molecule has 1 rings (SSSR count). The Morgan fingerprint density at radius 3 is 2.32 bits per heavy atom. The van der Waals surface area contributed by atoms with E-state index in [1.54, 1.807) is 0 Å². The lowest BCUT2D eigenvalue weighted by molar-refractivity contribution is 0.206. The lowest BCUT2D eigenvalue weighted by Gasteiger charge is -2.30. The Morgan fingerprint density at radius 2 is 1.74 bits per heavy atom. The van der Waals surface area contributed by atoms with Gasteiger partial charge in [-0.05, 0) is 64.0 Å². The first-order chi connectivity index (χ1) is 8.74. The van der Waals surface area contributed by atoms with E-state index in [-0.39, 0.29) is 0 Å². The number of rotatable bonds is 5. The van der Waals surface area contributed by atoms with Gasteiger partial charge in [0.1, 0.15) is 0 Å². The first kappa shape index (κ1) is 17.0. The summed E-state index contributed by atoms with van der Waals surface area (Å²) in [6, 6.07) is 0. The summed E-state index contributed by atoms with van der Waals surface area (Å²) in [5, 5.41) is 3.68. The lowest BCUT2D eigenvalue weighted by Crippen LogP contribution is -2.43. The fraction of sp³-hybridized carbons (Fsp3) is 1.00. The van der Waals surface area contributed by atoms with Crippen LogP contribution in [0.5, 0.6) is 0 Å². The van der Waals surface area contributed by atoms with E-state index < -0.39 is 0 Å². The number of nitrogens with zero attached hydrogens (tertiary/aromatic N) is 1. The molecular weight excluding hydrogens is 232 g/mol. The third kappa shape index (κ3) is 6.27. The molecule has 2 nitrogen and oxygen atoms in total. The van der Waals surface area contributed by atoms with Crippen molar-refractivity contribution >= 4 is 0 Å². The van der Waals surface area contributed by atoms with E-state index in [2.05, 4.69) is 51.8 Å². The van der Waals surface area contributed by atoms with Gasteiger partial charge < -0.3 is 10.2 Å². The third-order valence-corrected chi connectivity index (χ3v) is 4.96. The van der Waals surface area contributed by atoms with Crippen molar-refractivity contribution in [2.75, 3.05) is 26.2 Å². The molecule has 1 atom stereocenters. The molecule has 1 saturated heterocycles. The second kappa shape index (κ2) is 7.08. The maximum Gasteiger partial charge on any atom is 0.0123 e. The zero-order valence-electron chi connectivity index (χ0n) is 14.2. The predicted octanol–water partition coefficient (Wildman–Crippen LogP) is 3.91. The molecule has 0 aromatic heterocycles. The topological polar surface area (TPSA) is 15.3 Å². The molecule has 1 heterocycles. The van der Waals surface area contributed by atoms with Crippen LogP contribution in [0.4, 0.5) is 0 Å². The molecule has 0 bridgehead atoms. The van der Waals surface area contributed by atoms with Crippen molar-refractivity contribution in [2.24, 2.45) is 11.3 Å². The minimum atomic E-state index is 0.291. The molecular formula is C17H36N2. The summed E-state index contributed by atoms with van der Waals surface area (Å²) in [5.74, 6) is 0.901. The van der Waals surface area contributed by atoms with Crippen molar-refractivity contribution in [3.63, 3.8) is 0 Å². The van der Waals surface area contributed by atoms with Gasteiger partial charge in [-0.1, -0.05) is 27.7 Å². The molecule has 0 aromatic rings. The van der Waals surface area contributed by atoms with E-state index in [1.807, 2.05) is 0 Å². The van der Waals surface area contributed by atoms with E-state index in [1.165, 1.54) is 45.3 Å². The first-order valence-electron chi connectivity index (χ1n) is 8.22. The summed E-state index contributed by atoms with van der Waals surface area (Å²) in [6.07, 6.45) is 5.35. The molecule has 1 N–H and O–H groups in total. The Morgan fingerprint density at radius 1 is 1.05 bits per heavy atom. The van der Waals surface area contributed by atoms with Crippen molar-refractivity contribution in [2.45, 2.75) is 72.8 Å². The summed E-state index contributed by atoms with van der Waals surface area (Å²) in [4.78, 5) is 2.66. The zero-order chi connectivity index (χ0) is 14.5. The van der Waals surface area contributed by atoms with Crippen LogP contribution in [0.1, 0.15) is 67.2 Å². The van der Waals surface area contributed by atoms with Crippen molar-refractivity contribution < 1.29 is 0 Å². The molecule has 0 radical (unpaired) electrons. The zero-order valence-corrected chi connectivity index (χ0v) is 14.2. The van der Waals surface area contributed by atoms with Crippen LogP contribution in [0.2, 0.25) is 0 Å². The Labute approximate surface area is 121 Å². The van der Waals surface area contributed by atoms with Gasteiger partial charge in [-0.15, -0.1) is 0 Å². The smallest absolute Gasteiger partial charge is 0.0123 e. The van der Waals surface area contributed by atoms with Gasteiger partial charge in [0.2, 0.25) is 0 Å². The standard InChI is InChI=1S/C17H36N2/c1-7-17(5,6)18-11-14-19-12-8-9-15(10-13-19)16(2,3)4/h15,18H,7-14H2,1-6H3. The van der Waals surface area contributed by atoms with Gasteiger partial charge in [-0.2, -0.15) is 0 Å². The van der Waals surface area contributed by atoms with Crippen LogP contribution in [0.15, 0.2) is 0 Å². The maximum atomic E-state index is 3.68. The van der Waals surface area contributed by atoms with Crippen molar-refractivity contribution in [1.82, 2.24) is 10.2 Å². The normalized spacial score (nSPS) is 23.4. The molecule has 1 aliphatic heterocycles. The summed E-state index contributed by atoms with van der Waals surface area (Å²) in [7, 11) is 0. The van der Waals surface area contributed by atoms with Crippen LogP contribution in [0.25, 0.3) is 0 Å². The predicted molar refractivity (Wildman–Crippen MR) is 85.6 cm³/mol. The molecule has 114 valence electrons. The Hall–Kier alpha value is -0.0800. The summed E-state index contributed by atoms with van der Waals surface area (Å²) >= 11 is 0. The van der Waals surface area contributed by atoms with Gasteiger partial charge >= 0.3 is 0 Å². The summed E-state index contributed by atoms with van der Waals surface area (Å²) in [6.45, 7) is 19.0. The van der Waals surface area contributed by atoms with Gasteiger partial charge in [-0.3, -0.25) is 0 Å². The fourth-order valence-electron chi connectivity index (χ4n) is 2.92. The summed E-state index contributed by atoms with van der Waals surface area (Å²) in [5.41, 5.74) is 0.776. The minimum absolute atomic E-state index is 0.291. The van der Waals surface area contributed by atoms with Crippen molar-refractivity contribution in [3.8, 4) is 0 Å². The van der Waals surface area contributed by atoms with Crippen molar-refractivity contribution in [1.29, 1.82) is 0 Å². The van der Waals surface area contributed by atoms with E-state index in [4.69, 9.17) is 0 Å². The van der Waals surface area contributed by atoms with E-state index >= 15 is 0 Å². The highest BCUT2D eigenvalue weighted by atomic mass is 15.1. The molecule has 1 aliphatic rings. The average Bonchev–Trinajstić information content (AvgIpc) is 2.54. The highest BCUT2D eigenvalue weighted by molar-refractivity contribution is 4.80. The highest BCUT2D eigenvalue weighted by Gasteiger charge is 2.26. The van der Waals surface area contributed by atoms with Crippen LogP contribution in [-0.2, 0) is 0 Å².